The molecule has 0 saturated carbocycles. The van der Waals surface area contributed by atoms with Gasteiger partial charge in [-0.1, -0.05) is 0 Å². The first-order chi connectivity index (χ1) is 8.99. The number of anilines is 1. The molecule has 1 fully saturated rings. The van der Waals surface area contributed by atoms with E-state index in [2.05, 4.69) is 43.8 Å². The summed E-state index contributed by atoms with van der Waals surface area (Å²) in [6.07, 6.45) is 1.23. The molecular formula is C12H12BrIN2O3. The maximum absolute atomic E-state index is 12.1. The molecule has 7 heteroatoms. The van der Waals surface area contributed by atoms with Crippen molar-refractivity contribution in [2.24, 2.45) is 0 Å². The highest BCUT2D eigenvalue weighted by Crippen LogP contribution is 2.26. The molecule has 1 atom stereocenters. The van der Waals surface area contributed by atoms with Gasteiger partial charge in [-0.3, -0.25) is 0 Å². The van der Waals surface area contributed by atoms with Gasteiger partial charge in [0.2, 0.25) is 0 Å². The van der Waals surface area contributed by atoms with Crippen LogP contribution in [0, 0.1) is 3.57 Å². The number of rotatable bonds is 2. The number of carboxylic acids is 1. The lowest BCUT2D eigenvalue weighted by Gasteiger charge is -2.22. The molecule has 0 radical (unpaired) electrons. The van der Waals surface area contributed by atoms with Crippen molar-refractivity contribution >= 4 is 56.2 Å². The summed E-state index contributed by atoms with van der Waals surface area (Å²) in [5.74, 6) is -0.950. The van der Waals surface area contributed by atoms with Crippen LogP contribution in [-0.4, -0.2) is 34.6 Å². The van der Waals surface area contributed by atoms with Crippen molar-refractivity contribution in [1.29, 1.82) is 0 Å². The Balaban J connectivity index is 2.10. The fourth-order valence-electron chi connectivity index (χ4n) is 2.04. The average molecular weight is 439 g/mol. The van der Waals surface area contributed by atoms with Gasteiger partial charge in [0.15, 0.2) is 0 Å². The van der Waals surface area contributed by atoms with Crippen molar-refractivity contribution in [2.75, 3.05) is 11.9 Å². The number of urea groups is 1. The van der Waals surface area contributed by atoms with Crippen LogP contribution in [0.1, 0.15) is 12.8 Å². The summed E-state index contributed by atoms with van der Waals surface area (Å²) in [5, 5.41) is 11.8. The van der Waals surface area contributed by atoms with E-state index in [9.17, 15) is 9.59 Å². The van der Waals surface area contributed by atoms with Crippen LogP contribution >= 0.6 is 38.5 Å². The summed E-state index contributed by atoms with van der Waals surface area (Å²) in [7, 11) is 0. The van der Waals surface area contributed by atoms with Crippen molar-refractivity contribution in [2.45, 2.75) is 18.9 Å². The monoisotopic (exact) mass is 438 g/mol. The zero-order valence-electron chi connectivity index (χ0n) is 9.90. The third kappa shape index (κ3) is 3.38. The third-order valence-electron chi connectivity index (χ3n) is 2.97. The van der Waals surface area contributed by atoms with Crippen LogP contribution in [0.25, 0.3) is 0 Å². The van der Waals surface area contributed by atoms with Gasteiger partial charge in [0.1, 0.15) is 6.04 Å². The molecule has 2 rings (SSSR count). The van der Waals surface area contributed by atoms with Crippen molar-refractivity contribution in [3.8, 4) is 0 Å². The van der Waals surface area contributed by atoms with Crippen LogP contribution in [0.3, 0.4) is 0 Å². The third-order valence-corrected chi connectivity index (χ3v) is 4.30. The fourth-order valence-corrected chi connectivity index (χ4v) is 3.44. The first kappa shape index (κ1) is 14.6. The molecule has 0 spiro atoms. The van der Waals surface area contributed by atoms with Crippen molar-refractivity contribution in [3.05, 3.63) is 26.2 Å². The summed E-state index contributed by atoms with van der Waals surface area (Å²) in [4.78, 5) is 24.5. The largest absolute Gasteiger partial charge is 0.480 e. The fraction of sp³-hybridized carbons (Fsp3) is 0.333. The van der Waals surface area contributed by atoms with Gasteiger partial charge in [0.05, 0.1) is 5.69 Å². The Hall–Kier alpha value is -0.830. The van der Waals surface area contributed by atoms with Crippen molar-refractivity contribution in [1.82, 2.24) is 4.90 Å². The number of hydrogen-bond acceptors (Lipinski definition) is 2. The molecule has 1 aliphatic rings. The average Bonchev–Trinajstić information content (AvgIpc) is 2.82. The zero-order valence-corrected chi connectivity index (χ0v) is 13.6. The van der Waals surface area contributed by atoms with Gasteiger partial charge in [-0.25, -0.2) is 9.59 Å². The predicted molar refractivity (Wildman–Crippen MR) is 83.2 cm³/mol. The number of amides is 2. The zero-order chi connectivity index (χ0) is 14.0. The minimum Gasteiger partial charge on any atom is -0.480 e. The van der Waals surface area contributed by atoms with E-state index in [1.54, 1.807) is 6.07 Å². The van der Waals surface area contributed by atoms with E-state index >= 15 is 0 Å². The molecular weight excluding hydrogens is 427 g/mol. The maximum atomic E-state index is 12.1. The summed E-state index contributed by atoms with van der Waals surface area (Å²) < 4.78 is 1.82. The first-order valence-corrected chi connectivity index (χ1v) is 7.61. The Morgan fingerprint density at radius 2 is 2.21 bits per heavy atom. The highest BCUT2D eigenvalue weighted by atomic mass is 127. The number of aliphatic carboxylic acids is 1. The second-order valence-electron chi connectivity index (χ2n) is 4.24. The molecule has 1 aliphatic heterocycles. The maximum Gasteiger partial charge on any atom is 0.326 e. The molecule has 1 aromatic carbocycles. The molecule has 1 heterocycles. The molecule has 0 unspecified atom stereocenters. The molecule has 0 aliphatic carbocycles. The molecule has 5 nitrogen and oxygen atoms in total. The van der Waals surface area contributed by atoms with E-state index in [0.29, 0.717) is 18.7 Å². The predicted octanol–water partition coefficient (Wildman–Crippen LogP) is 3.13. The molecule has 0 aromatic heterocycles. The smallest absolute Gasteiger partial charge is 0.326 e. The Bertz CT molecular complexity index is 524. The summed E-state index contributed by atoms with van der Waals surface area (Å²) in [6.45, 7) is 0.477. The molecule has 1 saturated heterocycles. The highest BCUT2D eigenvalue weighted by Gasteiger charge is 2.34. The molecule has 1 aromatic rings. The van der Waals surface area contributed by atoms with E-state index in [1.807, 2.05) is 12.1 Å². The lowest BCUT2D eigenvalue weighted by molar-refractivity contribution is -0.141. The van der Waals surface area contributed by atoms with E-state index < -0.39 is 12.0 Å². The molecule has 19 heavy (non-hydrogen) atoms. The van der Waals surface area contributed by atoms with E-state index in [-0.39, 0.29) is 6.03 Å². The quantitative estimate of drug-likeness (QED) is 0.697. The van der Waals surface area contributed by atoms with Crippen LogP contribution < -0.4 is 5.32 Å². The van der Waals surface area contributed by atoms with Gasteiger partial charge < -0.3 is 15.3 Å². The van der Waals surface area contributed by atoms with Crippen LogP contribution in [0.15, 0.2) is 22.7 Å². The normalized spacial score (nSPS) is 18.4. The van der Waals surface area contributed by atoms with Gasteiger partial charge in [-0.05, 0) is 69.6 Å². The van der Waals surface area contributed by atoms with Crippen LogP contribution in [0.5, 0.6) is 0 Å². The van der Waals surface area contributed by atoms with E-state index in [0.717, 1.165) is 14.5 Å². The number of benzene rings is 1. The standard InChI is InChI=1S/C12H12BrIN2O3/c13-8-6-7(14)3-4-9(8)15-12(19)16-5-1-2-10(16)11(17)18/h3-4,6,10H,1-2,5H2,(H,15,19)(H,17,18)/t10-/m1/s1. The Kier molecular flexibility index (Phi) is 4.67. The number of carboxylic acid groups (broad SMARTS) is 1. The van der Waals surface area contributed by atoms with Crippen molar-refractivity contribution in [3.63, 3.8) is 0 Å². The molecule has 102 valence electrons. The van der Waals surface area contributed by atoms with Gasteiger partial charge in [0.25, 0.3) is 0 Å². The molecule has 0 bridgehead atoms. The molecule has 2 N–H and O–H groups in total. The minimum atomic E-state index is -0.950. The van der Waals surface area contributed by atoms with Crippen LogP contribution in [0.4, 0.5) is 10.5 Å². The van der Waals surface area contributed by atoms with Gasteiger partial charge >= 0.3 is 12.0 Å². The lowest BCUT2D eigenvalue weighted by atomic mass is 10.2. The second kappa shape index (κ2) is 6.08. The number of carbonyl (C=O) groups excluding carboxylic acids is 1. The minimum absolute atomic E-state index is 0.369. The van der Waals surface area contributed by atoms with Crippen molar-refractivity contribution < 1.29 is 14.7 Å². The number of halogens is 2. The lowest BCUT2D eigenvalue weighted by Crippen LogP contribution is -2.42. The van der Waals surface area contributed by atoms with Gasteiger partial charge in [-0.15, -0.1) is 0 Å². The summed E-state index contributed by atoms with van der Waals surface area (Å²) >= 11 is 5.55. The Morgan fingerprint density at radius 3 is 2.84 bits per heavy atom. The van der Waals surface area contributed by atoms with E-state index in [4.69, 9.17) is 5.11 Å². The Labute approximate surface area is 132 Å². The van der Waals surface area contributed by atoms with Gasteiger partial charge in [0, 0.05) is 14.6 Å². The Morgan fingerprint density at radius 1 is 1.47 bits per heavy atom. The highest BCUT2D eigenvalue weighted by molar-refractivity contribution is 14.1. The number of nitrogens with zero attached hydrogens (tertiary/aromatic N) is 1. The van der Waals surface area contributed by atoms with Crippen LogP contribution in [-0.2, 0) is 4.79 Å². The first-order valence-electron chi connectivity index (χ1n) is 5.74. The van der Waals surface area contributed by atoms with E-state index in [1.165, 1.54) is 4.90 Å². The van der Waals surface area contributed by atoms with Crippen LogP contribution in [0.2, 0.25) is 0 Å². The van der Waals surface area contributed by atoms with Gasteiger partial charge in [-0.2, -0.15) is 0 Å². The number of carbonyl (C=O) groups is 2. The molecule has 2 amide bonds. The second-order valence-corrected chi connectivity index (χ2v) is 6.34. The number of likely N-dealkylation sites (tertiary alicyclic amines) is 1. The summed E-state index contributed by atoms with van der Waals surface area (Å²) in [6, 6.07) is 4.46. The summed E-state index contributed by atoms with van der Waals surface area (Å²) in [5.41, 5.74) is 0.640. The number of nitrogens with one attached hydrogen (secondary N) is 1. The number of hydrogen-bond donors (Lipinski definition) is 2. The topological polar surface area (TPSA) is 69.6 Å². The SMILES string of the molecule is O=C(O)[C@H]1CCCN1C(=O)Nc1ccc(I)cc1Br.